The van der Waals surface area contributed by atoms with Crippen molar-refractivity contribution in [3.8, 4) is 101 Å². The maximum absolute atomic E-state index is 6.61. The Balaban J connectivity index is 0.445. The van der Waals surface area contributed by atoms with Crippen LogP contribution in [0.15, 0.2) is 376 Å². The number of benzene rings is 15. The molecule has 0 unspecified atom stereocenters. The van der Waals surface area contributed by atoms with Crippen molar-refractivity contribution in [3.63, 3.8) is 0 Å². The van der Waals surface area contributed by atoms with E-state index in [4.69, 9.17) is 19.4 Å². The molecule has 2 aromatic heterocycles. The fourth-order valence-corrected chi connectivity index (χ4v) is 27.5. The molecule has 0 saturated heterocycles. The second kappa shape index (κ2) is 47.9. The number of hydrogen-bond acceptors (Lipinski definition) is 4. The van der Waals surface area contributed by atoms with Crippen molar-refractivity contribution in [3.05, 3.63) is 443 Å². The summed E-state index contributed by atoms with van der Waals surface area (Å²) in [7, 11) is 0. The van der Waals surface area contributed by atoms with Gasteiger partial charge in [0.1, 0.15) is 11.5 Å². The minimum Gasteiger partial charge on any atom is -0.494 e. The van der Waals surface area contributed by atoms with Crippen LogP contribution in [0.2, 0.25) is 0 Å². The van der Waals surface area contributed by atoms with Crippen molar-refractivity contribution in [1.82, 2.24) is 9.97 Å². The summed E-state index contributed by atoms with van der Waals surface area (Å²) in [6, 6.07) is 146. The Morgan fingerprint density at radius 1 is 0.167 bits per heavy atom. The topological polar surface area (TPSA) is 44.2 Å². The van der Waals surface area contributed by atoms with Crippen molar-refractivity contribution >= 4 is 21.8 Å². The average molecular weight is 1970 g/mol. The summed E-state index contributed by atoms with van der Waals surface area (Å²) in [6.45, 7) is 1.31. The van der Waals surface area contributed by atoms with Gasteiger partial charge in [-0.3, -0.25) is 0 Å². The van der Waals surface area contributed by atoms with Crippen LogP contribution >= 0.6 is 0 Å². The van der Waals surface area contributed by atoms with E-state index in [-0.39, 0.29) is 0 Å². The number of nitrogens with zero attached hydrogens (tertiary/aromatic N) is 2. The molecule has 758 valence electrons. The molecule has 0 bridgehead atoms. The van der Waals surface area contributed by atoms with Crippen LogP contribution in [0, 0.1) is 0 Å². The number of fused-ring (bicyclic) bond motifs is 3. The van der Waals surface area contributed by atoms with E-state index in [1.165, 1.54) is 326 Å². The molecule has 2 heterocycles. The zero-order chi connectivity index (χ0) is 100. The minimum absolute atomic E-state index is 0.414. The van der Waals surface area contributed by atoms with E-state index < -0.39 is 10.8 Å². The van der Waals surface area contributed by atoms with Gasteiger partial charge in [-0.2, -0.15) is 0 Å². The number of ether oxygens (including phenoxy) is 2. The Bertz CT molecular complexity index is 6250. The first-order valence-electron chi connectivity index (χ1n) is 58.7. The molecule has 23 rings (SSSR count). The first-order valence-corrected chi connectivity index (χ1v) is 58.7. The number of pyridine rings is 2. The van der Waals surface area contributed by atoms with Gasteiger partial charge in [0, 0.05) is 32.7 Å². The second-order valence-corrected chi connectivity index (χ2v) is 45.7. The molecule has 4 nitrogen and oxygen atoms in total. The van der Waals surface area contributed by atoms with Crippen molar-refractivity contribution < 1.29 is 9.47 Å². The van der Waals surface area contributed by atoms with Crippen molar-refractivity contribution in [1.29, 1.82) is 0 Å². The molecule has 6 saturated carbocycles. The van der Waals surface area contributed by atoms with Gasteiger partial charge >= 0.3 is 0 Å². The zero-order valence-corrected chi connectivity index (χ0v) is 88.7. The van der Waals surface area contributed by atoms with Gasteiger partial charge in [-0.15, -0.1) is 0 Å². The van der Waals surface area contributed by atoms with Crippen LogP contribution in [0.5, 0.6) is 11.5 Å². The van der Waals surface area contributed by atoms with Crippen LogP contribution in [0.3, 0.4) is 0 Å². The van der Waals surface area contributed by atoms with Gasteiger partial charge in [-0.1, -0.05) is 470 Å². The molecule has 17 aromatic rings. The Labute approximate surface area is 894 Å². The van der Waals surface area contributed by atoms with Gasteiger partial charge in [0.25, 0.3) is 0 Å². The molecule has 0 amide bonds. The fraction of sp³-hybridized carbons (Fsp3) is 0.342. The number of hydrogen-bond donors (Lipinski definition) is 0. The summed E-state index contributed by atoms with van der Waals surface area (Å²) < 4.78 is 13.2. The number of aromatic nitrogens is 2. The number of unbranched alkanes of at least 4 members (excludes halogenated alkanes) is 6. The third kappa shape index (κ3) is 23.0. The average Bonchev–Trinajstić information content (AvgIpc) is 0.744. The SMILES string of the molecule is c1cc(-c2ccc3ccc4ccc(-c5ccc(OCCCCCCC(c6ccc(-c7ccc(C8CCCCC8)cc7)cc6)(c6ccc(-c7ccc(C8CCCCC8)cc7)cc6)c6ccc(-c7ccc(C8CCCCC8)cc7)cc6)cc5)nc4c3n2)ccc1OCCCCCCC(c1ccc(-c2ccc(C3CCCCC3)cc2)cc1)(c1ccc(-c2ccc(C3CCCCC3)cc2)cc1)c1ccc(-c2ccc(C3CCCCC3)cc2)cc1. The maximum atomic E-state index is 6.61. The molecule has 4 heteroatoms. The van der Waals surface area contributed by atoms with Gasteiger partial charge in [0.05, 0.1) is 35.6 Å². The van der Waals surface area contributed by atoms with Crippen molar-refractivity contribution in [2.75, 3.05) is 13.2 Å². The summed E-state index contributed by atoms with van der Waals surface area (Å²) in [6.07, 6.45) is 50.4. The van der Waals surface area contributed by atoms with E-state index in [0.717, 1.165) is 120 Å². The Kier molecular flexibility index (Phi) is 31.9. The van der Waals surface area contributed by atoms with Crippen LogP contribution in [0.4, 0.5) is 0 Å². The molecule has 6 aliphatic carbocycles. The van der Waals surface area contributed by atoms with E-state index in [1.54, 1.807) is 0 Å². The van der Waals surface area contributed by atoms with Crippen molar-refractivity contribution in [2.24, 2.45) is 0 Å². The normalized spacial score (nSPS) is 16.2. The van der Waals surface area contributed by atoms with E-state index >= 15 is 0 Å². The van der Waals surface area contributed by atoms with Crippen LogP contribution in [-0.4, -0.2) is 23.2 Å². The molecule has 0 spiro atoms. The van der Waals surface area contributed by atoms with Gasteiger partial charge < -0.3 is 9.47 Å². The lowest BCUT2D eigenvalue weighted by molar-refractivity contribution is 0.303. The zero-order valence-electron chi connectivity index (χ0n) is 88.7. The summed E-state index contributed by atoms with van der Waals surface area (Å²) in [4.78, 5) is 10.8. The Morgan fingerprint density at radius 2 is 0.340 bits per heavy atom. The Morgan fingerprint density at radius 3 is 0.540 bits per heavy atom. The largest absolute Gasteiger partial charge is 0.494 e. The highest BCUT2D eigenvalue weighted by Gasteiger charge is 2.39. The minimum atomic E-state index is -0.414. The summed E-state index contributed by atoms with van der Waals surface area (Å²) in [5.41, 5.74) is 37.3. The van der Waals surface area contributed by atoms with Crippen LogP contribution < -0.4 is 9.47 Å². The van der Waals surface area contributed by atoms with Gasteiger partial charge in [0.15, 0.2) is 0 Å². The van der Waals surface area contributed by atoms with Gasteiger partial charge in [-0.25, -0.2) is 9.97 Å². The van der Waals surface area contributed by atoms with Gasteiger partial charge in [-0.05, 0) is 332 Å². The molecular weight excluding hydrogens is 1810 g/mol. The molecule has 6 aliphatic rings. The highest BCUT2D eigenvalue weighted by Crippen LogP contribution is 2.51. The summed E-state index contributed by atoms with van der Waals surface area (Å²) in [5.74, 6) is 5.87. The lowest BCUT2D eigenvalue weighted by Crippen LogP contribution is -2.29. The molecule has 15 aromatic carbocycles. The highest BCUT2D eigenvalue weighted by atomic mass is 16.5. The maximum Gasteiger partial charge on any atom is 0.119 e. The lowest BCUT2D eigenvalue weighted by atomic mass is 9.66. The summed E-state index contributed by atoms with van der Waals surface area (Å²) in [5, 5.41) is 2.13. The smallest absolute Gasteiger partial charge is 0.119 e. The molecule has 0 aliphatic heterocycles. The van der Waals surface area contributed by atoms with E-state index in [9.17, 15) is 0 Å². The van der Waals surface area contributed by atoms with Crippen LogP contribution in [-0.2, 0) is 10.8 Å². The van der Waals surface area contributed by atoms with E-state index in [1.807, 2.05) is 0 Å². The molecule has 150 heavy (non-hydrogen) atoms. The summed E-state index contributed by atoms with van der Waals surface area (Å²) >= 11 is 0. The van der Waals surface area contributed by atoms with E-state index in [2.05, 4.69) is 376 Å². The van der Waals surface area contributed by atoms with Gasteiger partial charge in [0.2, 0.25) is 0 Å². The predicted molar refractivity (Wildman–Crippen MR) is 631 cm³/mol. The lowest BCUT2D eigenvalue weighted by Gasteiger charge is -2.37. The molecule has 0 radical (unpaired) electrons. The van der Waals surface area contributed by atoms with Crippen LogP contribution in [0.25, 0.3) is 111 Å². The number of rotatable bonds is 36. The highest BCUT2D eigenvalue weighted by molar-refractivity contribution is 6.04. The molecule has 6 fully saturated rings. The quantitative estimate of drug-likeness (QED) is 0.0223. The molecule has 0 N–H and O–H groups in total. The molecule has 0 atom stereocenters. The second-order valence-electron chi connectivity index (χ2n) is 45.7. The molecular formula is C146H152N2O2. The third-order valence-corrected chi connectivity index (χ3v) is 36.4. The monoisotopic (exact) mass is 1970 g/mol. The standard InChI is InChI=1S/C146H152N2O2/c1(23-101-145(133-83-65-123(66-84-133)117-51-39-111(40-52-117)105-27-11-5-12-28-105,134-85-67-124(68-86-134)118-53-41-112(42-54-118)106-29-13-6-14-30-106)135-87-69-125(70-88-135)119-55-43-113(44-56-119)107-31-15-7-16-32-107)3-25-103-149-139-95-77-129(78-96-139)141-99-81-131-63-64-132-82-100-142(148-144(132)143(131)147-141)130-79-97-140(98-80-130)150-104-26-4-2-24-102-146(136-89-71-126(72-90-136)120-57-45-114(46-58-120)108-33-17-8-18-34-108,137-91-73-127(74-92-137)121-59-47-115(48-60-121)109-35-19-9-20-36-109)138-93-75-128(76-94-138)122-61-49-116(50-62-122)110-37-21-10-22-38-110/h39-100,105-110H,1-38,101-104H2. The van der Waals surface area contributed by atoms with E-state index in [0.29, 0.717) is 48.7 Å². The fourth-order valence-electron chi connectivity index (χ4n) is 27.5. The van der Waals surface area contributed by atoms with Crippen molar-refractivity contribution in [2.45, 2.75) is 303 Å². The van der Waals surface area contributed by atoms with Crippen LogP contribution in [0.1, 0.15) is 359 Å². The first-order chi connectivity index (χ1) is 74.3. The Hall–Kier alpha value is -13.3. The predicted octanol–water partition coefficient (Wildman–Crippen LogP) is 41.1. The first kappa shape index (κ1) is 100.0. The third-order valence-electron chi connectivity index (χ3n) is 36.4.